The fourth-order valence-corrected chi connectivity index (χ4v) is 2.73. The van der Waals surface area contributed by atoms with Crippen LogP contribution in [0.5, 0.6) is 0 Å². The first kappa shape index (κ1) is 12.0. The van der Waals surface area contributed by atoms with Crippen molar-refractivity contribution in [2.24, 2.45) is 0 Å². The zero-order valence-electron chi connectivity index (χ0n) is 10.4. The molecule has 0 saturated heterocycles. The van der Waals surface area contributed by atoms with Gasteiger partial charge in [0.15, 0.2) is 0 Å². The summed E-state index contributed by atoms with van der Waals surface area (Å²) in [6.45, 7) is 6.38. The summed E-state index contributed by atoms with van der Waals surface area (Å²) in [6.07, 6.45) is 0. The molecule has 0 saturated carbocycles. The van der Waals surface area contributed by atoms with Gasteiger partial charge in [0.1, 0.15) is 0 Å². The summed E-state index contributed by atoms with van der Waals surface area (Å²) in [5, 5.41) is 0. The molecule has 0 atom stereocenters. The summed E-state index contributed by atoms with van der Waals surface area (Å²) in [5.41, 5.74) is 6.14. The molecule has 0 unspecified atom stereocenters. The van der Waals surface area contributed by atoms with Crippen LogP contribution < -0.4 is 0 Å². The van der Waals surface area contributed by atoms with Crippen LogP contribution in [0, 0.1) is 20.8 Å². The SMILES string of the molecule is Cc1cc(C)c(C(=S)c2ccccc2)c(C)c1. The molecule has 0 N–H and O–H groups in total. The Balaban J connectivity index is 2.52. The minimum Gasteiger partial charge on any atom is -0.0788 e. The third kappa shape index (κ3) is 2.45. The third-order valence-corrected chi connectivity index (χ3v) is 3.38. The smallest absolute Gasteiger partial charge is 0.0527 e. The molecule has 0 aromatic heterocycles. The second-order valence-corrected chi connectivity index (χ2v) is 4.88. The van der Waals surface area contributed by atoms with Gasteiger partial charge in [0.2, 0.25) is 0 Å². The maximum absolute atomic E-state index is 5.61. The fraction of sp³-hybridized carbons (Fsp3) is 0.188. The number of hydrogen-bond donors (Lipinski definition) is 0. The van der Waals surface area contributed by atoms with E-state index in [1.807, 2.05) is 18.2 Å². The van der Waals surface area contributed by atoms with Crippen molar-refractivity contribution in [3.05, 3.63) is 70.3 Å². The lowest BCUT2D eigenvalue weighted by molar-refractivity contribution is 1.30. The average Bonchev–Trinajstić information content (AvgIpc) is 2.28. The quantitative estimate of drug-likeness (QED) is 0.554. The van der Waals surface area contributed by atoms with Gasteiger partial charge in [0, 0.05) is 0 Å². The van der Waals surface area contributed by atoms with E-state index in [0.29, 0.717) is 0 Å². The molecule has 0 nitrogen and oxygen atoms in total. The average molecular weight is 240 g/mol. The van der Waals surface area contributed by atoms with Crippen LogP contribution in [0.25, 0.3) is 0 Å². The van der Waals surface area contributed by atoms with Crippen LogP contribution in [-0.2, 0) is 0 Å². The number of rotatable bonds is 2. The van der Waals surface area contributed by atoms with Gasteiger partial charge < -0.3 is 0 Å². The lowest BCUT2D eigenvalue weighted by Crippen LogP contribution is -2.05. The van der Waals surface area contributed by atoms with Crippen LogP contribution >= 0.6 is 12.2 Å². The lowest BCUT2D eigenvalue weighted by Gasteiger charge is -2.12. The van der Waals surface area contributed by atoms with Gasteiger partial charge in [-0.25, -0.2) is 0 Å². The summed E-state index contributed by atoms with van der Waals surface area (Å²) >= 11 is 5.61. The molecule has 0 amide bonds. The predicted octanol–water partition coefficient (Wildman–Crippen LogP) is 4.38. The van der Waals surface area contributed by atoms with Gasteiger partial charge in [-0.3, -0.25) is 0 Å². The van der Waals surface area contributed by atoms with Crippen molar-refractivity contribution in [3.63, 3.8) is 0 Å². The van der Waals surface area contributed by atoms with Gasteiger partial charge in [-0.2, -0.15) is 0 Å². The van der Waals surface area contributed by atoms with E-state index in [-0.39, 0.29) is 0 Å². The Morgan fingerprint density at radius 1 is 0.882 bits per heavy atom. The normalized spacial score (nSPS) is 10.3. The van der Waals surface area contributed by atoms with Gasteiger partial charge in [-0.1, -0.05) is 60.2 Å². The molecular formula is C16H16S. The summed E-state index contributed by atoms with van der Waals surface area (Å²) in [7, 11) is 0. The molecule has 0 aliphatic rings. The van der Waals surface area contributed by atoms with Crippen LogP contribution in [0.15, 0.2) is 42.5 Å². The van der Waals surface area contributed by atoms with Gasteiger partial charge in [-0.05, 0) is 43.0 Å². The van der Waals surface area contributed by atoms with E-state index >= 15 is 0 Å². The highest BCUT2D eigenvalue weighted by Gasteiger charge is 2.10. The highest BCUT2D eigenvalue weighted by atomic mass is 32.1. The molecule has 0 heterocycles. The first-order valence-corrected chi connectivity index (χ1v) is 6.18. The van der Waals surface area contributed by atoms with Crippen LogP contribution in [0.4, 0.5) is 0 Å². The maximum atomic E-state index is 5.61. The standard InChI is InChI=1S/C16H16S/c1-11-9-12(2)15(13(3)10-11)16(17)14-7-5-4-6-8-14/h4-10H,1-3H3. The number of benzene rings is 2. The zero-order chi connectivity index (χ0) is 12.4. The summed E-state index contributed by atoms with van der Waals surface area (Å²) in [5.74, 6) is 0. The second-order valence-electron chi connectivity index (χ2n) is 4.47. The number of hydrogen-bond acceptors (Lipinski definition) is 1. The second kappa shape index (κ2) is 4.80. The summed E-state index contributed by atoms with van der Waals surface area (Å²) in [4.78, 5) is 0.945. The Labute approximate surface area is 108 Å². The maximum Gasteiger partial charge on any atom is 0.0527 e. The van der Waals surface area contributed by atoms with Crippen molar-refractivity contribution >= 4 is 17.1 Å². The Kier molecular flexibility index (Phi) is 3.39. The Bertz CT molecular complexity index is 530. The molecule has 2 aromatic carbocycles. The lowest BCUT2D eigenvalue weighted by atomic mass is 9.94. The predicted molar refractivity (Wildman–Crippen MR) is 77.9 cm³/mol. The first-order valence-electron chi connectivity index (χ1n) is 5.77. The van der Waals surface area contributed by atoms with Gasteiger partial charge >= 0.3 is 0 Å². The van der Waals surface area contributed by atoms with E-state index in [1.165, 1.54) is 22.3 Å². The molecular weight excluding hydrogens is 224 g/mol. The number of aryl methyl sites for hydroxylation is 3. The molecule has 0 radical (unpaired) electrons. The minimum absolute atomic E-state index is 0.945. The first-order chi connectivity index (χ1) is 8.09. The van der Waals surface area contributed by atoms with E-state index in [1.54, 1.807) is 0 Å². The van der Waals surface area contributed by atoms with E-state index in [0.717, 1.165) is 10.4 Å². The van der Waals surface area contributed by atoms with Crippen LogP contribution in [-0.4, -0.2) is 4.86 Å². The van der Waals surface area contributed by atoms with Crippen molar-refractivity contribution in [3.8, 4) is 0 Å². The van der Waals surface area contributed by atoms with Crippen molar-refractivity contribution < 1.29 is 0 Å². The van der Waals surface area contributed by atoms with Gasteiger partial charge in [-0.15, -0.1) is 0 Å². The zero-order valence-corrected chi connectivity index (χ0v) is 11.3. The largest absolute Gasteiger partial charge is 0.0788 e. The number of thiocarbonyl (C=S) groups is 1. The molecule has 86 valence electrons. The van der Waals surface area contributed by atoms with E-state index < -0.39 is 0 Å². The van der Waals surface area contributed by atoms with Gasteiger partial charge in [0.25, 0.3) is 0 Å². The van der Waals surface area contributed by atoms with E-state index in [4.69, 9.17) is 12.2 Å². The molecule has 0 bridgehead atoms. The van der Waals surface area contributed by atoms with Crippen molar-refractivity contribution in [2.45, 2.75) is 20.8 Å². The molecule has 2 aromatic rings. The third-order valence-electron chi connectivity index (χ3n) is 2.94. The highest BCUT2D eigenvalue weighted by molar-refractivity contribution is 7.81. The molecule has 0 aliphatic carbocycles. The topological polar surface area (TPSA) is 0 Å². The van der Waals surface area contributed by atoms with Gasteiger partial charge in [0.05, 0.1) is 4.86 Å². The minimum atomic E-state index is 0.945. The molecule has 0 aliphatic heterocycles. The van der Waals surface area contributed by atoms with Crippen molar-refractivity contribution in [1.82, 2.24) is 0 Å². The van der Waals surface area contributed by atoms with Crippen LogP contribution in [0.2, 0.25) is 0 Å². The monoisotopic (exact) mass is 240 g/mol. The molecule has 0 fully saturated rings. The molecule has 2 rings (SSSR count). The fourth-order valence-electron chi connectivity index (χ4n) is 2.27. The van der Waals surface area contributed by atoms with Crippen LogP contribution in [0.3, 0.4) is 0 Å². The Hall–Kier alpha value is -1.47. The van der Waals surface area contributed by atoms with E-state index in [9.17, 15) is 0 Å². The van der Waals surface area contributed by atoms with Crippen LogP contribution in [0.1, 0.15) is 27.8 Å². The van der Waals surface area contributed by atoms with Crippen molar-refractivity contribution in [1.29, 1.82) is 0 Å². The summed E-state index contributed by atoms with van der Waals surface area (Å²) in [6, 6.07) is 14.6. The van der Waals surface area contributed by atoms with Crippen molar-refractivity contribution in [2.75, 3.05) is 0 Å². The summed E-state index contributed by atoms with van der Waals surface area (Å²) < 4.78 is 0. The molecule has 1 heteroatoms. The highest BCUT2D eigenvalue weighted by Crippen LogP contribution is 2.20. The molecule has 17 heavy (non-hydrogen) atoms. The van der Waals surface area contributed by atoms with E-state index in [2.05, 4.69) is 45.0 Å². The Morgan fingerprint density at radius 3 is 1.94 bits per heavy atom. The molecule has 0 spiro atoms. The Morgan fingerprint density at radius 2 is 1.41 bits per heavy atom.